The first kappa shape index (κ1) is 15.3. The molecule has 0 saturated carbocycles. The summed E-state index contributed by atoms with van der Waals surface area (Å²) in [6, 6.07) is 4.55. The number of aromatic nitrogens is 4. The van der Waals surface area contributed by atoms with Crippen molar-refractivity contribution in [2.45, 2.75) is 19.0 Å². The van der Waals surface area contributed by atoms with Gasteiger partial charge >= 0.3 is 0 Å². The monoisotopic (exact) mass is 339 g/mol. The van der Waals surface area contributed by atoms with Gasteiger partial charge in [0.15, 0.2) is 5.65 Å². The van der Waals surface area contributed by atoms with Gasteiger partial charge in [-0.1, -0.05) is 6.07 Å². The van der Waals surface area contributed by atoms with Crippen LogP contribution in [0.4, 0.5) is 14.5 Å². The average molecular weight is 339 g/mol. The largest absolute Gasteiger partial charge is 0.299 e. The summed E-state index contributed by atoms with van der Waals surface area (Å²) >= 11 is 0. The number of halogens is 2. The predicted octanol–water partition coefficient (Wildman–Crippen LogP) is 1.82. The Bertz CT molecular complexity index is 996. The zero-order valence-corrected chi connectivity index (χ0v) is 12.9. The van der Waals surface area contributed by atoms with Crippen LogP contribution in [0.1, 0.15) is 11.5 Å². The molecule has 3 aromatic rings. The summed E-state index contributed by atoms with van der Waals surface area (Å²) in [5, 5.41) is 3.23. The number of benzene rings is 1. The van der Waals surface area contributed by atoms with Crippen LogP contribution >= 0.6 is 0 Å². The van der Waals surface area contributed by atoms with Crippen LogP contribution in [0.2, 0.25) is 0 Å². The van der Waals surface area contributed by atoms with Crippen LogP contribution in [0.25, 0.3) is 5.65 Å². The molecule has 23 heavy (non-hydrogen) atoms. The van der Waals surface area contributed by atoms with Crippen molar-refractivity contribution in [1.82, 2.24) is 19.6 Å². The average Bonchev–Trinajstić information content (AvgIpc) is 2.88. The van der Waals surface area contributed by atoms with E-state index in [4.69, 9.17) is 0 Å². The second-order valence-electron chi connectivity index (χ2n) is 4.81. The normalized spacial score (nSPS) is 11.8. The van der Waals surface area contributed by atoms with Crippen molar-refractivity contribution < 1.29 is 17.2 Å². The Morgan fingerprint density at radius 3 is 2.43 bits per heavy atom. The van der Waals surface area contributed by atoms with E-state index in [9.17, 15) is 17.2 Å². The molecular formula is C13H11F2N5O2S. The lowest BCUT2D eigenvalue weighted by molar-refractivity contribution is 0.578. The fourth-order valence-corrected chi connectivity index (χ4v) is 3.00. The van der Waals surface area contributed by atoms with Gasteiger partial charge in [0.2, 0.25) is 0 Å². The molecule has 7 nitrogen and oxygen atoms in total. The molecule has 0 aliphatic carbocycles. The minimum absolute atomic E-state index is 0.268. The highest BCUT2D eigenvalue weighted by atomic mass is 32.2. The van der Waals surface area contributed by atoms with Crippen molar-refractivity contribution >= 4 is 21.4 Å². The summed E-state index contributed by atoms with van der Waals surface area (Å²) in [5.74, 6) is -1.64. The maximum Gasteiger partial charge on any atom is 0.299 e. The number of hydrogen-bond acceptors (Lipinski definition) is 5. The van der Waals surface area contributed by atoms with E-state index in [1.54, 1.807) is 19.9 Å². The Morgan fingerprint density at radius 1 is 1.13 bits per heavy atom. The van der Waals surface area contributed by atoms with Crippen LogP contribution in [0.15, 0.2) is 29.4 Å². The van der Waals surface area contributed by atoms with Gasteiger partial charge in [-0.2, -0.15) is 17.9 Å². The number of nitrogens with one attached hydrogen (secondary N) is 1. The third-order valence-corrected chi connectivity index (χ3v) is 4.16. The minimum Gasteiger partial charge on any atom is -0.271 e. The van der Waals surface area contributed by atoms with Crippen LogP contribution in [0.5, 0.6) is 0 Å². The predicted molar refractivity (Wildman–Crippen MR) is 77.4 cm³/mol. The fraction of sp³-hybridized carbons (Fsp3) is 0.154. The molecule has 2 heterocycles. The summed E-state index contributed by atoms with van der Waals surface area (Å²) in [7, 11) is -4.35. The van der Waals surface area contributed by atoms with Crippen LogP contribution < -0.4 is 4.72 Å². The molecule has 3 rings (SSSR count). The molecule has 0 spiro atoms. The lowest BCUT2D eigenvalue weighted by Gasteiger charge is -2.06. The van der Waals surface area contributed by atoms with E-state index in [-0.39, 0.29) is 5.65 Å². The van der Waals surface area contributed by atoms with Crippen molar-refractivity contribution in [3.05, 3.63) is 47.4 Å². The molecule has 1 aromatic carbocycles. The Morgan fingerprint density at radius 2 is 1.78 bits per heavy atom. The number of rotatable bonds is 3. The van der Waals surface area contributed by atoms with Crippen LogP contribution in [-0.4, -0.2) is 28.0 Å². The van der Waals surface area contributed by atoms with Gasteiger partial charge in [-0.3, -0.25) is 4.72 Å². The van der Waals surface area contributed by atoms with E-state index in [1.807, 2.05) is 4.72 Å². The molecule has 0 unspecified atom stereocenters. The molecule has 0 atom stereocenters. The van der Waals surface area contributed by atoms with Gasteiger partial charge in [-0.25, -0.2) is 13.8 Å². The van der Waals surface area contributed by atoms with Gasteiger partial charge < -0.3 is 0 Å². The molecule has 0 radical (unpaired) electrons. The highest BCUT2D eigenvalue weighted by Gasteiger charge is 2.24. The number of aryl methyl sites for hydroxylation is 2. The highest BCUT2D eigenvalue weighted by molar-refractivity contribution is 7.92. The van der Waals surface area contributed by atoms with Gasteiger partial charge in [0.05, 0.1) is 0 Å². The van der Waals surface area contributed by atoms with E-state index in [0.29, 0.717) is 11.5 Å². The number of sulfonamides is 1. The fourth-order valence-electron chi connectivity index (χ4n) is 2.05. The molecule has 0 fully saturated rings. The van der Waals surface area contributed by atoms with E-state index >= 15 is 0 Å². The van der Waals surface area contributed by atoms with Crippen molar-refractivity contribution in [3.8, 4) is 0 Å². The SMILES string of the molecule is Cc1cc2nc(S(=O)(=O)Nc3c(F)cccc3F)nn2c(C)n1. The summed E-state index contributed by atoms with van der Waals surface area (Å²) in [4.78, 5) is 8.01. The lowest BCUT2D eigenvalue weighted by atomic mass is 10.3. The topological polar surface area (TPSA) is 89.2 Å². The maximum absolute atomic E-state index is 13.6. The van der Waals surface area contributed by atoms with Crippen LogP contribution in [-0.2, 0) is 10.0 Å². The molecule has 120 valence electrons. The van der Waals surface area contributed by atoms with Gasteiger partial charge in [-0.05, 0) is 26.0 Å². The maximum atomic E-state index is 13.6. The van der Waals surface area contributed by atoms with Crippen LogP contribution in [0.3, 0.4) is 0 Å². The zero-order valence-electron chi connectivity index (χ0n) is 12.1. The quantitative estimate of drug-likeness (QED) is 0.786. The van der Waals surface area contributed by atoms with Gasteiger partial charge in [0.1, 0.15) is 23.1 Å². The third kappa shape index (κ3) is 2.72. The third-order valence-electron chi connectivity index (χ3n) is 3.03. The number of para-hydroxylation sites is 1. The minimum atomic E-state index is -4.35. The molecular weight excluding hydrogens is 328 g/mol. The Labute approximate surface area is 130 Å². The number of nitrogens with zero attached hydrogens (tertiary/aromatic N) is 4. The van der Waals surface area contributed by atoms with E-state index in [0.717, 1.165) is 18.2 Å². The standard InChI is InChI=1S/C13H11F2N5O2S/c1-7-6-11-17-13(18-20(11)8(2)16-7)23(21,22)19-12-9(14)4-3-5-10(12)15/h3-6,19H,1-2H3. The highest BCUT2D eigenvalue weighted by Crippen LogP contribution is 2.21. The van der Waals surface area contributed by atoms with Crippen LogP contribution in [0, 0.1) is 25.5 Å². The summed E-state index contributed by atoms with van der Waals surface area (Å²) in [6.07, 6.45) is 0. The Kier molecular flexibility index (Phi) is 3.48. The van der Waals surface area contributed by atoms with E-state index in [1.165, 1.54) is 4.52 Å². The van der Waals surface area contributed by atoms with E-state index in [2.05, 4.69) is 15.1 Å². The summed E-state index contributed by atoms with van der Waals surface area (Å²) < 4.78 is 54.8. The first-order valence-electron chi connectivity index (χ1n) is 6.46. The van der Waals surface area contributed by atoms with Gasteiger partial charge in [-0.15, -0.1) is 5.10 Å². The summed E-state index contributed by atoms with van der Waals surface area (Å²) in [5.41, 5.74) is 0.126. The number of anilines is 1. The van der Waals surface area contributed by atoms with E-state index < -0.39 is 32.5 Å². The molecule has 10 heteroatoms. The van der Waals surface area contributed by atoms with Gasteiger partial charge in [0, 0.05) is 11.8 Å². The van der Waals surface area contributed by atoms with Gasteiger partial charge in [0.25, 0.3) is 15.2 Å². The zero-order chi connectivity index (χ0) is 16.8. The van der Waals surface area contributed by atoms with Crippen molar-refractivity contribution in [1.29, 1.82) is 0 Å². The van der Waals surface area contributed by atoms with Crippen molar-refractivity contribution in [2.24, 2.45) is 0 Å². The Balaban J connectivity index is 2.08. The Hall–Kier alpha value is -2.62. The second kappa shape index (κ2) is 5.23. The molecule has 2 aromatic heterocycles. The number of fused-ring (bicyclic) bond motifs is 1. The molecule has 0 aliphatic heterocycles. The molecule has 1 N–H and O–H groups in total. The smallest absolute Gasteiger partial charge is 0.271 e. The molecule has 0 saturated heterocycles. The van der Waals surface area contributed by atoms with Crippen molar-refractivity contribution in [2.75, 3.05) is 4.72 Å². The second-order valence-corrected chi connectivity index (χ2v) is 6.39. The lowest BCUT2D eigenvalue weighted by Crippen LogP contribution is -2.17. The first-order chi connectivity index (χ1) is 10.8. The number of hydrogen-bond donors (Lipinski definition) is 1. The van der Waals surface area contributed by atoms with Crippen molar-refractivity contribution in [3.63, 3.8) is 0 Å². The molecule has 0 aliphatic rings. The molecule has 0 bridgehead atoms. The molecule has 0 amide bonds. The summed E-state index contributed by atoms with van der Waals surface area (Å²) in [6.45, 7) is 3.36. The first-order valence-corrected chi connectivity index (χ1v) is 7.94.